The fourth-order valence-electron chi connectivity index (χ4n) is 2.40. The van der Waals surface area contributed by atoms with Gasteiger partial charge in [0.2, 0.25) is 5.91 Å². The molecule has 0 bridgehead atoms. The number of imidazole rings is 1. The molecule has 0 saturated heterocycles. The highest BCUT2D eigenvalue weighted by molar-refractivity contribution is 5.85. The normalized spacial score (nSPS) is 17.4. The van der Waals surface area contributed by atoms with Gasteiger partial charge in [-0.15, -0.1) is 0 Å². The van der Waals surface area contributed by atoms with Gasteiger partial charge in [-0.1, -0.05) is 6.07 Å². The molecule has 1 atom stereocenters. The van der Waals surface area contributed by atoms with Gasteiger partial charge in [0, 0.05) is 31.3 Å². The molecule has 0 unspecified atom stereocenters. The molecule has 1 fully saturated rings. The molecule has 0 aromatic carbocycles. The van der Waals surface area contributed by atoms with E-state index in [0.717, 1.165) is 18.4 Å². The smallest absolute Gasteiger partial charge is 0.228 e. The molecule has 104 valence electrons. The van der Waals surface area contributed by atoms with Crippen LogP contribution in [0.25, 0.3) is 0 Å². The van der Waals surface area contributed by atoms with Crippen LogP contribution in [0.2, 0.25) is 0 Å². The minimum atomic E-state index is -0.253. The number of hydrogen-bond donors (Lipinski definition) is 1. The average Bonchev–Trinajstić information content (AvgIpc) is 3.07. The van der Waals surface area contributed by atoms with Crippen molar-refractivity contribution >= 4 is 5.91 Å². The number of hydrogen-bond acceptors (Lipinski definition) is 3. The molecule has 20 heavy (non-hydrogen) atoms. The first-order valence-electron chi connectivity index (χ1n) is 6.86. The first kappa shape index (κ1) is 12.8. The Bertz CT molecular complexity index is 575. The number of pyridine rings is 1. The number of carbonyl (C=O) groups excluding carboxylic acids is 1. The van der Waals surface area contributed by atoms with Gasteiger partial charge in [0.15, 0.2) is 0 Å². The largest absolute Gasteiger partial charge is 0.349 e. The summed E-state index contributed by atoms with van der Waals surface area (Å²) in [5.41, 5.74) is 0.774. The SMILES string of the molecule is C[C@@H](NC(=O)C1(Cn2ccnc2)CC1)c1cccnc1. The molecule has 5 heteroatoms. The Balaban J connectivity index is 1.64. The van der Waals surface area contributed by atoms with Crippen molar-refractivity contribution in [3.63, 3.8) is 0 Å². The molecule has 1 aliphatic rings. The van der Waals surface area contributed by atoms with Crippen LogP contribution in [0.5, 0.6) is 0 Å². The molecule has 2 heterocycles. The van der Waals surface area contributed by atoms with Crippen molar-refractivity contribution in [3.8, 4) is 0 Å². The van der Waals surface area contributed by atoms with Crippen LogP contribution in [0.4, 0.5) is 0 Å². The fourth-order valence-corrected chi connectivity index (χ4v) is 2.40. The maximum absolute atomic E-state index is 12.5. The lowest BCUT2D eigenvalue weighted by Gasteiger charge is -2.20. The summed E-state index contributed by atoms with van der Waals surface area (Å²) in [5, 5.41) is 3.10. The Kier molecular flexibility index (Phi) is 3.26. The third-order valence-electron chi connectivity index (χ3n) is 3.91. The van der Waals surface area contributed by atoms with E-state index < -0.39 is 0 Å². The summed E-state index contributed by atoms with van der Waals surface area (Å²) in [7, 11) is 0. The number of nitrogens with zero attached hydrogens (tertiary/aromatic N) is 3. The summed E-state index contributed by atoms with van der Waals surface area (Å²) < 4.78 is 1.97. The topological polar surface area (TPSA) is 59.8 Å². The van der Waals surface area contributed by atoms with Gasteiger partial charge >= 0.3 is 0 Å². The van der Waals surface area contributed by atoms with E-state index in [1.807, 2.05) is 29.8 Å². The predicted molar refractivity (Wildman–Crippen MR) is 74.7 cm³/mol. The van der Waals surface area contributed by atoms with E-state index in [9.17, 15) is 4.79 Å². The Morgan fingerprint density at radius 3 is 2.90 bits per heavy atom. The van der Waals surface area contributed by atoms with Gasteiger partial charge in [-0.3, -0.25) is 9.78 Å². The van der Waals surface area contributed by atoms with Gasteiger partial charge in [-0.25, -0.2) is 4.98 Å². The van der Waals surface area contributed by atoms with E-state index >= 15 is 0 Å². The van der Waals surface area contributed by atoms with Crippen molar-refractivity contribution in [3.05, 3.63) is 48.8 Å². The first-order chi connectivity index (χ1) is 9.70. The van der Waals surface area contributed by atoms with Crippen LogP contribution in [-0.2, 0) is 11.3 Å². The minimum Gasteiger partial charge on any atom is -0.349 e. The third kappa shape index (κ3) is 2.57. The van der Waals surface area contributed by atoms with E-state index in [-0.39, 0.29) is 17.4 Å². The van der Waals surface area contributed by atoms with Crippen molar-refractivity contribution in [2.24, 2.45) is 5.41 Å². The van der Waals surface area contributed by atoms with Crippen LogP contribution >= 0.6 is 0 Å². The van der Waals surface area contributed by atoms with Gasteiger partial charge in [0.1, 0.15) is 0 Å². The van der Waals surface area contributed by atoms with Crippen molar-refractivity contribution in [2.75, 3.05) is 0 Å². The lowest BCUT2D eigenvalue weighted by molar-refractivity contribution is -0.127. The molecule has 0 radical (unpaired) electrons. The molecule has 1 N–H and O–H groups in total. The van der Waals surface area contributed by atoms with Crippen LogP contribution in [-0.4, -0.2) is 20.4 Å². The van der Waals surface area contributed by atoms with Crippen LogP contribution < -0.4 is 5.32 Å². The number of amides is 1. The van der Waals surface area contributed by atoms with Crippen LogP contribution in [0.3, 0.4) is 0 Å². The summed E-state index contributed by atoms with van der Waals surface area (Å²) in [5.74, 6) is 0.127. The molecule has 0 aliphatic heterocycles. The maximum Gasteiger partial charge on any atom is 0.228 e. The van der Waals surface area contributed by atoms with Gasteiger partial charge in [-0.05, 0) is 31.4 Å². The van der Waals surface area contributed by atoms with Gasteiger partial charge in [0.25, 0.3) is 0 Å². The second-order valence-corrected chi connectivity index (χ2v) is 5.50. The van der Waals surface area contributed by atoms with Gasteiger partial charge in [0.05, 0.1) is 17.8 Å². The molecule has 1 aliphatic carbocycles. The third-order valence-corrected chi connectivity index (χ3v) is 3.91. The summed E-state index contributed by atoms with van der Waals surface area (Å²) in [6.45, 7) is 2.70. The molecule has 0 spiro atoms. The van der Waals surface area contributed by atoms with Gasteiger partial charge in [-0.2, -0.15) is 0 Å². The maximum atomic E-state index is 12.5. The van der Waals surface area contributed by atoms with E-state index in [4.69, 9.17) is 0 Å². The second kappa shape index (κ2) is 5.07. The zero-order chi connectivity index (χ0) is 14.0. The number of rotatable bonds is 5. The molecule has 1 saturated carbocycles. The summed E-state index contributed by atoms with van der Waals surface area (Å²) in [6.07, 6.45) is 10.8. The highest BCUT2D eigenvalue weighted by Gasteiger charge is 2.50. The number of aromatic nitrogens is 3. The monoisotopic (exact) mass is 270 g/mol. The number of nitrogens with one attached hydrogen (secondary N) is 1. The number of carbonyl (C=O) groups is 1. The standard InChI is InChI=1S/C15H18N4O/c1-12(13-3-2-6-16-9-13)18-14(20)15(4-5-15)10-19-8-7-17-11-19/h2-3,6-9,11-12H,4-5,10H2,1H3,(H,18,20)/t12-/m1/s1. The van der Waals surface area contributed by atoms with E-state index in [0.29, 0.717) is 6.54 Å². The average molecular weight is 270 g/mol. The molecule has 3 rings (SSSR count). The van der Waals surface area contributed by atoms with Crippen molar-refractivity contribution < 1.29 is 4.79 Å². The van der Waals surface area contributed by atoms with E-state index in [2.05, 4.69) is 15.3 Å². The summed E-state index contributed by atoms with van der Waals surface area (Å²) in [4.78, 5) is 20.6. The molecule has 1 amide bonds. The van der Waals surface area contributed by atoms with Crippen LogP contribution in [0.15, 0.2) is 43.2 Å². The second-order valence-electron chi connectivity index (χ2n) is 5.50. The Morgan fingerprint density at radius 1 is 1.45 bits per heavy atom. The minimum absolute atomic E-state index is 0.0172. The molecular formula is C15H18N4O. The molecular weight excluding hydrogens is 252 g/mol. The Labute approximate surface area is 118 Å². The van der Waals surface area contributed by atoms with E-state index in [1.165, 1.54) is 0 Å². The first-order valence-corrected chi connectivity index (χ1v) is 6.86. The molecule has 2 aromatic rings. The quantitative estimate of drug-likeness (QED) is 0.903. The van der Waals surface area contributed by atoms with Crippen molar-refractivity contribution in [2.45, 2.75) is 32.4 Å². The van der Waals surface area contributed by atoms with Gasteiger partial charge < -0.3 is 9.88 Å². The van der Waals surface area contributed by atoms with Crippen molar-refractivity contribution in [1.82, 2.24) is 19.9 Å². The van der Waals surface area contributed by atoms with E-state index in [1.54, 1.807) is 24.9 Å². The van der Waals surface area contributed by atoms with Crippen LogP contribution in [0, 0.1) is 5.41 Å². The highest BCUT2D eigenvalue weighted by atomic mass is 16.2. The van der Waals surface area contributed by atoms with Crippen molar-refractivity contribution in [1.29, 1.82) is 0 Å². The lowest BCUT2D eigenvalue weighted by Crippen LogP contribution is -2.36. The molecule has 5 nitrogen and oxygen atoms in total. The zero-order valence-electron chi connectivity index (χ0n) is 11.5. The predicted octanol–water partition coefficient (Wildman–Crippen LogP) is 1.94. The Morgan fingerprint density at radius 2 is 2.30 bits per heavy atom. The summed E-state index contributed by atoms with van der Waals surface area (Å²) >= 11 is 0. The zero-order valence-corrected chi connectivity index (χ0v) is 11.5. The summed E-state index contributed by atoms with van der Waals surface area (Å²) in [6, 6.07) is 3.85. The molecule has 2 aromatic heterocycles. The Hall–Kier alpha value is -2.17. The highest BCUT2D eigenvalue weighted by Crippen LogP contribution is 2.47. The fraction of sp³-hybridized carbons (Fsp3) is 0.400. The van der Waals surface area contributed by atoms with Crippen LogP contribution in [0.1, 0.15) is 31.4 Å². The lowest BCUT2D eigenvalue weighted by atomic mass is 10.0.